The van der Waals surface area contributed by atoms with Gasteiger partial charge in [0.2, 0.25) is 11.8 Å². The molecule has 8 heteroatoms. The van der Waals surface area contributed by atoms with E-state index in [4.69, 9.17) is 0 Å². The minimum absolute atomic E-state index is 0.138. The summed E-state index contributed by atoms with van der Waals surface area (Å²) in [6.45, 7) is 5.58. The Hall–Kier alpha value is -2.84. The monoisotopic (exact) mass is 456 g/mol. The Morgan fingerprint density at radius 2 is 1.71 bits per heavy atom. The van der Waals surface area contributed by atoms with Crippen LogP contribution in [0.4, 0.5) is 10.8 Å². The first-order valence-corrected chi connectivity index (χ1v) is 12.3. The molecular formula is C23H26N3O3S2+. The maximum absolute atomic E-state index is 12.7. The highest BCUT2D eigenvalue weighted by molar-refractivity contribution is 7.84. The van der Waals surface area contributed by atoms with Crippen LogP contribution < -0.4 is 10.6 Å². The van der Waals surface area contributed by atoms with Crippen LogP contribution in [0.25, 0.3) is 0 Å². The minimum Gasteiger partial charge on any atom is -0.326 e. The third-order valence-electron chi connectivity index (χ3n) is 4.99. The van der Waals surface area contributed by atoms with E-state index >= 15 is 0 Å². The molecule has 1 heterocycles. The van der Waals surface area contributed by atoms with Crippen molar-refractivity contribution in [1.82, 2.24) is 4.98 Å². The molecule has 0 radical (unpaired) electrons. The summed E-state index contributed by atoms with van der Waals surface area (Å²) < 4.78 is 11.8. The largest absolute Gasteiger partial charge is 0.326 e. The number of amides is 2. The van der Waals surface area contributed by atoms with Gasteiger partial charge in [-0.2, -0.15) is 0 Å². The Balaban J connectivity index is 1.60. The number of carbonyl (C=O) groups is 2. The van der Waals surface area contributed by atoms with Crippen LogP contribution in [0.15, 0.2) is 65.0 Å². The number of hydrogen-bond acceptors (Lipinski definition) is 5. The molecule has 0 spiro atoms. The molecular weight excluding hydrogens is 430 g/mol. The second kappa shape index (κ2) is 9.98. The molecule has 0 saturated carbocycles. The molecule has 3 rings (SSSR count). The molecule has 2 N–H and O–H groups in total. The molecule has 2 aromatic carbocycles. The van der Waals surface area contributed by atoms with Crippen molar-refractivity contribution in [3.05, 3.63) is 71.2 Å². The highest BCUT2D eigenvalue weighted by Gasteiger charge is 2.30. The molecule has 6 nitrogen and oxygen atoms in total. The molecule has 0 bridgehead atoms. The number of benzene rings is 2. The predicted octanol–water partition coefficient (Wildman–Crippen LogP) is 4.32. The Kier molecular flexibility index (Phi) is 7.35. The molecule has 0 aliphatic rings. The van der Waals surface area contributed by atoms with Crippen molar-refractivity contribution in [2.75, 3.05) is 16.4 Å². The number of rotatable bonds is 8. The number of nitrogens with zero attached hydrogens (tertiary/aromatic N) is 1. The minimum atomic E-state index is -1.36. The molecule has 0 aliphatic carbocycles. The predicted molar refractivity (Wildman–Crippen MR) is 127 cm³/mol. The van der Waals surface area contributed by atoms with E-state index in [2.05, 4.69) is 15.6 Å². The number of hydrogen-bond donors (Lipinski definition) is 2. The normalized spacial score (nSPS) is 12.2. The molecule has 0 aliphatic heterocycles. The van der Waals surface area contributed by atoms with E-state index in [1.165, 1.54) is 11.3 Å². The van der Waals surface area contributed by atoms with Crippen LogP contribution in [0.5, 0.6) is 0 Å². The van der Waals surface area contributed by atoms with Gasteiger partial charge < -0.3 is 10.6 Å². The smallest absolute Gasteiger partial charge is 0.236 e. The van der Waals surface area contributed by atoms with Gasteiger partial charge in [-0.3, -0.25) is 9.59 Å². The van der Waals surface area contributed by atoms with Crippen molar-refractivity contribution in [1.29, 1.82) is 0 Å². The fourth-order valence-corrected chi connectivity index (χ4v) is 4.36. The highest BCUT2D eigenvalue weighted by Crippen LogP contribution is 2.27. The quantitative estimate of drug-likeness (QED) is 0.390. The van der Waals surface area contributed by atoms with E-state index in [1.54, 1.807) is 23.7 Å². The average molecular weight is 457 g/mol. The lowest BCUT2D eigenvalue weighted by atomic mass is 9.83. The van der Waals surface area contributed by atoms with Crippen LogP contribution in [0.1, 0.15) is 31.9 Å². The van der Waals surface area contributed by atoms with Gasteiger partial charge in [-0.1, -0.05) is 24.3 Å². The molecule has 1 unspecified atom stereocenters. The zero-order chi connectivity index (χ0) is 22.4. The Bertz CT molecular complexity index is 1060. The summed E-state index contributed by atoms with van der Waals surface area (Å²) in [4.78, 5) is 29.9. The number of thiazole rings is 1. The van der Waals surface area contributed by atoms with Crippen LogP contribution in [0, 0.1) is 0 Å². The molecule has 1 aromatic heterocycles. The van der Waals surface area contributed by atoms with Gasteiger partial charge in [0.1, 0.15) is 16.6 Å². The van der Waals surface area contributed by atoms with Gasteiger partial charge in [0.15, 0.2) is 10.0 Å². The van der Waals surface area contributed by atoms with Crippen LogP contribution in [0.3, 0.4) is 0 Å². The summed E-state index contributed by atoms with van der Waals surface area (Å²) in [6, 6.07) is 14.6. The van der Waals surface area contributed by atoms with Crippen LogP contribution in [0.2, 0.25) is 0 Å². The third-order valence-corrected chi connectivity index (χ3v) is 7.12. The zero-order valence-corrected chi connectivity index (χ0v) is 19.4. The van der Waals surface area contributed by atoms with E-state index in [9.17, 15) is 13.8 Å². The summed E-state index contributed by atoms with van der Waals surface area (Å²) >= 11 is 1.37. The highest BCUT2D eigenvalue weighted by atomic mass is 32.2. The Morgan fingerprint density at radius 3 is 2.29 bits per heavy atom. The molecule has 0 saturated heterocycles. The lowest BCUT2D eigenvalue weighted by molar-refractivity contribution is -0.120. The van der Waals surface area contributed by atoms with Gasteiger partial charge in [-0.25, -0.2) is 4.98 Å². The van der Waals surface area contributed by atoms with E-state index < -0.39 is 16.2 Å². The first-order chi connectivity index (χ1) is 14.8. The topological polar surface area (TPSA) is 88.2 Å². The fourth-order valence-electron chi connectivity index (χ4n) is 2.99. The van der Waals surface area contributed by atoms with E-state index in [0.29, 0.717) is 16.6 Å². The Morgan fingerprint density at radius 1 is 1.03 bits per heavy atom. The number of anilines is 2. The van der Waals surface area contributed by atoms with Gasteiger partial charge >= 0.3 is 0 Å². The molecule has 2 amide bonds. The van der Waals surface area contributed by atoms with Crippen molar-refractivity contribution in [3.8, 4) is 0 Å². The SMILES string of the molecule is CC[SH+](=O)c1ccc(CC(=O)Nc2ccc(C(C)(C)C(=O)Nc3nccs3)cc2)cc1. The first-order valence-electron chi connectivity index (χ1n) is 9.94. The average Bonchev–Trinajstić information content (AvgIpc) is 3.27. The lowest BCUT2D eigenvalue weighted by Crippen LogP contribution is -2.34. The summed E-state index contributed by atoms with van der Waals surface area (Å²) in [5, 5.41) is 8.08. The van der Waals surface area contributed by atoms with Gasteiger partial charge in [-0.05, 0) is 56.2 Å². The van der Waals surface area contributed by atoms with Crippen molar-refractivity contribution in [2.24, 2.45) is 0 Å². The summed E-state index contributed by atoms with van der Waals surface area (Å²) in [6.07, 6.45) is 1.87. The van der Waals surface area contributed by atoms with E-state index in [0.717, 1.165) is 16.0 Å². The molecule has 0 fully saturated rings. The van der Waals surface area contributed by atoms with Crippen molar-refractivity contribution in [2.45, 2.75) is 37.5 Å². The van der Waals surface area contributed by atoms with Gasteiger partial charge in [0.25, 0.3) is 0 Å². The molecule has 1 atom stereocenters. The van der Waals surface area contributed by atoms with E-state index in [1.807, 2.05) is 57.2 Å². The fraction of sp³-hybridized carbons (Fsp3) is 0.261. The maximum Gasteiger partial charge on any atom is 0.236 e. The molecule has 31 heavy (non-hydrogen) atoms. The number of nitrogens with one attached hydrogen (secondary N) is 2. The lowest BCUT2D eigenvalue weighted by Gasteiger charge is -2.23. The molecule has 162 valence electrons. The number of aromatic nitrogens is 1. The second-order valence-electron chi connectivity index (χ2n) is 7.58. The summed E-state index contributed by atoms with van der Waals surface area (Å²) in [7, 11) is -1.36. The van der Waals surface area contributed by atoms with Gasteiger partial charge in [0, 0.05) is 17.3 Å². The standard InChI is InChI=1S/C23H25N3O3S2/c1-4-31(29)19-11-5-16(6-12-19)15-20(27)25-18-9-7-17(8-10-18)23(2,3)21(28)26-22-24-13-14-30-22/h5-14H,4,15H2,1-3H3,(H,25,27)(H,24,26,28)/p+1. The summed E-state index contributed by atoms with van der Waals surface area (Å²) in [5.41, 5.74) is 1.60. The zero-order valence-electron chi connectivity index (χ0n) is 17.7. The first kappa shape index (κ1) is 22.8. The van der Waals surface area contributed by atoms with Gasteiger partial charge in [-0.15, -0.1) is 15.5 Å². The summed E-state index contributed by atoms with van der Waals surface area (Å²) in [5.74, 6) is 0.322. The van der Waals surface area contributed by atoms with Crippen LogP contribution >= 0.6 is 11.3 Å². The van der Waals surface area contributed by atoms with Gasteiger partial charge in [0.05, 0.1) is 11.8 Å². The van der Waals surface area contributed by atoms with Crippen molar-refractivity contribution >= 4 is 44.8 Å². The maximum atomic E-state index is 12.7. The van der Waals surface area contributed by atoms with Crippen molar-refractivity contribution in [3.63, 3.8) is 0 Å². The Labute approximate surface area is 188 Å². The molecule has 3 aromatic rings. The third kappa shape index (κ3) is 5.86. The van der Waals surface area contributed by atoms with E-state index in [-0.39, 0.29) is 18.2 Å². The van der Waals surface area contributed by atoms with Crippen LogP contribution in [-0.4, -0.2) is 22.6 Å². The van der Waals surface area contributed by atoms with Crippen LogP contribution in [-0.2, 0) is 36.4 Å². The number of thiol groups is 1. The second-order valence-corrected chi connectivity index (χ2v) is 10.4. The number of carbonyl (C=O) groups excluding carboxylic acids is 2. The van der Waals surface area contributed by atoms with Crippen molar-refractivity contribution < 1.29 is 13.8 Å².